The van der Waals surface area contributed by atoms with Crippen molar-refractivity contribution in [3.05, 3.63) is 0 Å². The first kappa shape index (κ1) is 15.2. The highest BCUT2D eigenvalue weighted by molar-refractivity contribution is 14.1. The third kappa shape index (κ3) is 2.93. The van der Waals surface area contributed by atoms with Crippen molar-refractivity contribution in [2.75, 3.05) is 0 Å². The number of hydroxylamine groups is 2. The van der Waals surface area contributed by atoms with Gasteiger partial charge in [0.15, 0.2) is 0 Å². The van der Waals surface area contributed by atoms with Gasteiger partial charge in [-0.3, -0.25) is 4.79 Å². The molecule has 0 N–H and O–H groups in total. The summed E-state index contributed by atoms with van der Waals surface area (Å²) in [7, 11) is 0. The predicted octanol–water partition coefficient (Wildman–Crippen LogP) is 2.72. The van der Waals surface area contributed by atoms with Crippen LogP contribution in [0.15, 0.2) is 0 Å². The van der Waals surface area contributed by atoms with E-state index in [2.05, 4.69) is 0 Å². The first-order chi connectivity index (χ1) is 7.39. The van der Waals surface area contributed by atoms with Gasteiger partial charge >= 0.3 is 5.97 Å². The summed E-state index contributed by atoms with van der Waals surface area (Å²) in [5, 5.41) is 13.2. The second kappa shape index (κ2) is 4.35. The normalized spacial score (nSPS) is 28.1. The Hall–Kier alpha value is 0.120. The highest BCUT2D eigenvalue weighted by atomic mass is 127. The number of esters is 1. The van der Waals surface area contributed by atoms with Crippen LogP contribution in [0.2, 0.25) is 0 Å². The van der Waals surface area contributed by atoms with Crippen molar-refractivity contribution in [1.29, 1.82) is 0 Å². The fraction of sp³-hybridized carbons (Fsp3) is 0.917. The van der Waals surface area contributed by atoms with E-state index in [-0.39, 0.29) is 12.1 Å². The van der Waals surface area contributed by atoms with Gasteiger partial charge < -0.3 is 4.74 Å². The van der Waals surface area contributed by atoms with Crippen molar-refractivity contribution in [1.82, 2.24) is 5.06 Å². The summed E-state index contributed by atoms with van der Waals surface area (Å²) in [6, 6.07) is 0. The molecular weight excluding hydrogens is 333 g/mol. The van der Waals surface area contributed by atoms with Gasteiger partial charge in [-0.25, -0.2) is 0 Å². The highest BCUT2D eigenvalue weighted by Gasteiger charge is 2.54. The standard InChI is InChI=1S/C12H21INO3/c1-10(2)7-8(12(5,6)14(10)16)17-9(15)11(3,4)13/h8H,7H2,1-6H3. The molecule has 1 fully saturated rings. The summed E-state index contributed by atoms with van der Waals surface area (Å²) < 4.78 is 4.95. The van der Waals surface area contributed by atoms with Crippen LogP contribution in [-0.2, 0) is 14.7 Å². The van der Waals surface area contributed by atoms with E-state index in [1.807, 2.05) is 50.3 Å². The zero-order valence-electron chi connectivity index (χ0n) is 11.3. The molecule has 1 unspecified atom stereocenters. The molecule has 99 valence electrons. The largest absolute Gasteiger partial charge is 0.459 e. The van der Waals surface area contributed by atoms with Crippen LogP contribution in [0.3, 0.4) is 0 Å². The average Bonchev–Trinajstić information content (AvgIpc) is 2.26. The molecule has 1 radical (unpaired) electrons. The van der Waals surface area contributed by atoms with E-state index in [4.69, 9.17) is 4.74 Å². The van der Waals surface area contributed by atoms with Gasteiger partial charge in [0.25, 0.3) is 0 Å². The van der Waals surface area contributed by atoms with Crippen LogP contribution in [0.5, 0.6) is 0 Å². The van der Waals surface area contributed by atoms with Crippen molar-refractivity contribution in [3.8, 4) is 0 Å². The minimum absolute atomic E-state index is 0.262. The molecule has 0 aromatic heterocycles. The third-order valence-electron chi connectivity index (χ3n) is 3.28. The molecule has 1 atom stereocenters. The molecule has 1 aliphatic heterocycles. The maximum atomic E-state index is 12.1. The summed E-state index contributed by atoms with van der Waals surface area (Å²) >= 11 is 2.05. The Morgan fingerprint density at radius 3 is 2.12 bits per heavy atom. The number of alkyl halides is 1. The van der Waals surface area contributed by atoms with Gasteiger partial charge in [-0.15, -0.1) is 10.3 Å². The van der Waals surface area contributed by atoms with Crippen molar-refractivity contribution in [2.45, 2.75) is 68.6 Å². The minimum Gasteiger partial charge on any atom is -0.459 e. The quantitative estimate of drug-likeness (QED) is 0.435. The molecule has 1 heterocycles. The molecule has 0 bridgehead atoms. The minimum atomic E-state index is -0.666. The van der Waals surface area contributed by atoms with Gasteiger partial charge in [-0.2, -0.15) is 0 Å². The Kier molecular flexibility index (Phi) is 3.88. The van der Waals surface area contributed by atoms with Crippen LogP contribution in [-0.4, -0.2) is 31.6 Å². The fourth-order valence-electron chi connectivity index (χ4n) is 2.15. The van der Waals surface area contributed by atoms with E-state index in [1.165, 1.54) is 0 Å². The van der Waals surface area contributed by atoms with Crippen LogP contribution in [0.4, 0.5) is 0 Å². The second-order valence-corrected chi connectivity index (χ2v) is 9.03. The van der Waals surface area contributed by atoms with Crippen LogP contribution in [0, 0.1) is 0 Å². The zero-order valence-corrected chi connectivity index (χ0v) is 13.5. The summed E-state index contributed by atoms with van der Waals surface area (Å²) in [5.74, 6) is -0.262. The second-order valence-electron chi connectivity index (χ2n) is 6.33. The summed E-state index contributed by atoms with van der Waals surface area (Å²) in [4.78, 5) is 11.9. The van der Waals surface area contributed by atoms with Crippen LogP contribution in [0.1, 0.15) is 48.0 Å². The summed E-state index contributed by atoms with van der Waals surface area (Å²) in [5.41, 5.74) is -1.15. The zero-order chi connectivity index (χ0) is 13.6. The molecule has 1 aliphatic rings. The molecule has 0 aromatic carbocycles. The fourth-order valence-corrected chi connectivity index (χ4v) is 2.28. The number of nitrogens with zero attached hydrogens (tertiary/aromatic N) is 1. The van der Waals surface area contributed by atoms with Gasteiger partial charge in [0.2, 0.25) is 0 Å². The Morgan fingerprint density at radius 1 is 1.35 bits per heavy atom. The van der Waals surface area contributed by atoms with Crippen molar-refractivity contribution in [2.24, 2.45) is 0 Å². The van der Waals surface area contributed by atoms with Crippen LogP contribution in [0.25, 0.3) is 0 Å². The van der Waals surface area contributed by atoms with Crippen LogP contribution >= 0.6 is 22.6 Å². The molecule has 1 rings (SSSR count). The number of carbonyl (C=O) groups excluding carboxylic acids is 1. The molecular formula is C12H21INO3. The van der Waals surface area contributed by atoms with Gasteiger partial charge in [-0.1, -0.05) is 22.6 Å². The maximum Gasteiger partial charge on any atom is 0.321 e. The van der Waals surface area contributed by atoms with Gasteiger partial charge in [0.05, 0.1) is 5.54 Å². The van der Waals surface area contributed by atoms with E-state index in [0.29, 0.717) is 6.42 Å². The summed E-state index contributed by atoms with van der Waals surface area (Å²) in [6.45, 7) is 11.0. The van der Waals surface area contributed by atoms with Crippen molar-refractivity contribution in [3.63, 3.8) is 0 Å². The lowest BCUT2D eigenvalue weighted by Gasteiger charge is -2.33. The third-order valence-corrected chi connectivity index (χ3v) is 3.72. The number of ether oxygens (including phenoxy) is 1. The SMILES string of the molecule is CC(C)(I)C(=O)OC1CC(C)(C)N([O])C1(C)C. The first-order valence-corrected chi connectivity index (χ1v) is 6.84. The topological polar surface area (TPSA) is 49.4 Å². The number of rotatable bonds is 2. The average molecular weight is 354 g/mol. The highest BCUT2D eigenvalue weighted by Crippen LogP contribution is 2.41. The molecule has 0 spiro atoms. The predicted molar refractivity (Wildman–Crippen MR) is 73.3 cm³/mol. The lowest BCUT2D eigenvalue weighted by Crippen LogP contribution is -2.49. The van der Waals surface area contributed by atoms with Crippen molar-refractivity contribution >= 4 is 28.6 Å². The lowest BCUT2D eigenvalue weighted by atomic mass is 9.97. The van der Waals surface area contributed by atoms with E-state index in [0.717, 1.165) is 5.06 Å². The van der Waals surface area contributed by atoms with E-state index >= 15 is 0 Å². The monoisotopic (exact) mass is 354 g/mol. The van der Waals surface area contributed by atoms with E-state index < -0.39 is 14.5 Å². The number of carbonyl (C=O) groups is 1. The number of halogens is 1. The Labute approximate surface area is 117 Å². The van der Waals surface area contributed by atoms with Crippen LogP contribution < -0.4 is 0 Å². The Bertz CT molecular complexity index is 320. The molecule has 4 nitrogen and oxygen atoms in total. The molecule has 0 aromatic rings. The maximum absolute atomic E-state index is 12.1. The smallest absolute Gasteiger partial charge is 0.321 e. The molecule has 17 heavy (non-hydrogen) atoms. The number of hydrogen-bond acceptors (Lipinski definition) is 3. The van der Waals surface area contributed by atoms with E-state index in [1.54, 1.807) is 13.8 Å². The lowest BCUT2D eigenvalue weighted by molar-refractivity contribution is -0.252. The number of hydrogen-bond donors (Lipinski definition) is 0. The molecule has 0 amide bonds. The van der Waals surface area contributed by atoms with Gasteiger partial charge in [-0.05, 0) is 41.5 Å². The van der Waals surface area contributed by atoms with Gasteiger partial charge in [0, 0.05) is 12.0 Å². The Balaban J connectivity index is 2.84. The molecule has 1 saturated heterocycles. The summed E-state index contributed by atoms with van der Waals surface area (Å²) in [6.07, 6.45) is 0.221. The Morgan fingerprint density at radius 2 is 1.82 bits per heavy atom. The molecule has 0 aliphatic carbocycles. The van der Waals surface area contributed by atoms with Crippen molar-refractivity contribution < 1.29 is 14.7 Å². The first-order valence-electron chi connectivity index (χ1n) is 5.76. The molecule has 0 saturated carbocycles. The molecule has 5 heteroatoms. The van der Waals surface area contributed by atoms with Gasteiger partial charge in [0.1, 0.15) is 9.53 Å². The van der Waals surface area contributed by atoms with E-state index in [9.17, 15) is 10.0 Å².